The van der Waals surface area contributed by atoms with E-state index in [1.807, 2.05) is 13.8 Å². The van der Waals surface area contributed by atoms with Crippen molar-refractivity contribution in [2.45, 2.75) is 26.7 Å². The molecule has 3 N–H and O–H groups in total. The number of nitrogens with one attached hydrogen (secondary N) is 3. The number of hydrogen-bond acceptors (Lipinski definition) is 2. The van der Waals surface area contributed by atoms with Gasteiger partial charge in [-0.15, -0.1) is 24.0 Å². The number of halogens is 1. The van der Waals surface area contributed by atoms with Gasteiger partial charge in [-0.2, -0.15) is 0 Å². The van der Waals surface area contributed by atoms with Crippen LogP contribution in [0.15, 0.2) is 4.99 Å². The fourth-order valence-corrected chi connectivity index (χ4v) is 1.31. The minimum atomic E-state index is -0.0360. The fourth-order valence-electron chi connectivity index (χ4n) is 1.31. The van der Waals surface area contributed by atoms with Crippen LogP contribution < -0.4 is 16.0 Å². The molecule has 0 radical (unpaired) electrons. The van der Waals surface area contributed by atoms with Gasteiger partial charge in [0.1, 0.15) is 6.54 Å². The average molecular weight is 354 g/mol. The van der Waals surface area contributed by atoms with Crippen LogP contribution >= 0.6 is 24.0 Å². The van der Waals surface area contributed by atoms with Crippen LogP contribution in [0.2, 0.25) is 0 Å². The summed E-state index contributed by atoms with van der Waals surface area (Å²) in [6, 6.07) is 0. The van der Waals surface area contributed by atoms with Gasteiger partial charge in [0, 0.05) is 19.6 Å². The number of nitrogens with zero attached hydrogens (tertiary/aromatic N) is 1. The number of hydrogen-bond donors (Lipinski definition) is 3. The van der Waals surface area contributed by atoms with Crippen LogP contribution in [0.25, 0.3) is 0 Å². The lowest BCUT2D eigenvalue weighted by atomic mass is 10.4. The molecule has 0 aromatic heterocycles. The molecule has 6 heteroatoms. The molecule has 17 heavy (non-hydrogen) atoms. The Morgan fingerprint density at radius 1 is 1.18 bits per heavy atom. The Hall–Kier alpha value is -0.530. The number of carbonyl (C=O) groups excluding carboxylic acids is 1. The van der Waals surface area contributed by atoms with E-state index >= 15 is 0 Å². The molecule has 0 aliphatic heterocycles. The summed E-state index contributed by atoms with van der Waals surface area (Å²) in [5, 5.41) is 9.08. The predicted octanol–water partition coefficient (Wildman–Crippen LogP) is 0.706. The molecule has 0 saturated heterocycles. The zero-order valence-electron chi connectivity index (χ0n) is 10.6. The second-order valence-corrected chi connectivity index (χ2v) is 3.97. The normalized spacial score (nSPS) is 14.8. The van der Waals surface area contributed by atoms with Crippen molar-refractivity contribution < 1.29 is 4.79 Å². The topological polar surface area (TPSA) is 65.5 Å². The third-order valence-electron chi connectivity index (χ3n) is 2.35. The van der Waals surface area contributed by atoms with Crippen molar-refractivity contribution in [1.82, 2.24) is 16.0 Å². The first-order chi connectivity index (χ1) is 7.76. The molecule has 0 spiro atoms. The number of likely N-dealkylation sites (N-methyl/N-ethyl adjacent to an activating group) is 1. The van der Waals surface area contributed by atoms with E-state index in [-0.39, 0.29) is 36.4 Å². The lowest BCUT2D eigenvalue weighted by Crippen LogP contribution is -2.39. The molecule has 1 saturated carbocycles. The molecule has 0 aromatic rings. The maximum Gasteiger partial charge on any atom is 0.241 e. The van der Waals surface area contributed by atoms with Crippen LogP contribution in [0.3, 0.4) is 0 Å². The van der Waals surface area contributed by atoms with E-state index in [0.29, 0.717) is 6.54 Å². The van der Waals surface area contributed by atoms with Crippen LogP contribution in [-0.4, -0.2) is 38.0 Å². The van der Waals surface area contributed by atoms with Crippen molar-refractivity contribution in [2.75, 3.05) is 26.2 Å². The SMILES string of the molecule is CCNC(=O)CN=C(NCC)NCC1CC1.I. The summed E-state index contributed by atoms with van der Waals surface area (Å²) in [6.45, 7) is 6.53. The van der Waals surface area contributed by atoms with Gasteiger partial charge in [-0.05, 0) is 32.6 Å². The lowest BCUT2D eigenvalue weighted by Gasteiger charge is -2.10. The zero-order chi connectivity index (χ0) is 11.8. The Labute approximate surface area is 120 Å². The summed E-state index contributed by atoms with van der Waals surface area (Å²) in [4.78, 5) is 15.4. The summed E-state index contributed by atoms with van der Waals surface area (Å²) in [5.41, 5.74) is 0. The number of guanidine groups is 1. The maximum atomic E-state index is 11.2. The molecule has 0 aromatic carbocycles. The summed E-state index contributed by atoms with van der Waals surface area (Å²) in [7, 11) is 0. The Morgan fingerprint density at radius 2 is 1.82 bits per heavy atom. The van der Waals surface area contributed by atoms with Gasteiger partial charge in [0.25, 0.3) is 0 Å². The largest absolute Gasteiger partial charge is 0.357 e. The van der Waals surface area contributed by atoms with E-state index in [1.165, 1.54) is 12.8 Å². The molecule has 100 valence electrons. The highest BCUT2D eigenvalue weighted by molar-refractivity contribution is 14.0. The van der Waals surface area contributed by atoms with E-state index in [1.54, 1.807) is 0 Å². The van der Waals surface area contributed by atoms with Crippen molar-refractivity contribution >= 4 is 35.8 Å². The van der Waals surface area contributed by atoms with E-state index in [4.69, 9.17) is 0 Å². The molecule has 1 fully saturated rings. The molecule has 1 aliphatic rings. The zero-order valence-corrected chi connectivity index (χ0v) is 12.9. The molecule has 0 bridgehead atoms. The molecular formula is C11H23IN4O. The summed E-state index contributed by atoms with van der Waals surface area (Å²) in [6.07, 6.45) is 2.62. The average Bonchev–Trinajstić information content (AvgIpc) is 3.06. The molecule has 1 aliphatic carbocycles. The minimum Gasteiger partial charge on any atom is -0.357 e. The van der Waals surface area contributed by atoms with Crippen LogP contribution in [0, 0.1) is 5.92 Å². The number of rotatable bonds is 6. The third-order valence-corrected chi connectivity index (χ3v) is 2.35. The third kappa shape index (κ3) is 8.23. The minimum absolute atomic E-state index is 0. The molecule has 1 rings (SSSR count). The van der Waals surface area contributed by atoms with Crippen molar-refractivity contribution in [2.24, 2.45) is 10.9 Å². The molecule has 0 unspecified atom stereocenters. The van der Waals surface area contributed by atoms with Crippen LogP contribution in [0.4, 0.5) is 0 Å². The van der Waals surface area contributed by atoms with Crippen LogP contribution in [-0.2, 0) is 4.79 Å². The Bertz CT molecular complexity index is 254. The van der Waals surface area contributed by atoms with Gasteiger partial charge in [0.15, 0.2) is 5.96 Å². The first kappa shape index (κ1) is 16.5. The van der Waals surface area contributed by atoms with E-state index in [2.05, 4.69) is 20.9 Å². The van der Waals surface area contributed by atoms with Gasteiger partial charge in [-0.3, -0.25) is 4.79 Å². The van der Waals surface area contributed by atoms with Crippen molar-refractivity contribution in [3.63, 3.8) is 0 Å². The Morgan fingerprint density at radius 3 is 2.35 bits per heavy atom. The van der Waals surface area contributed by atoms with Crippen LogP contribution in [0.1, 0.15) is 26.7 Å². The summed E-state index contributed by atoms with van der Waals surface area (Å²) in [5.74, 6) is 1.50. The molecule has 0 heterocycles. The Balaban J connectivity index is 0.00000256. The first-order valence-electron chi connectivity index (χ1n) is 6.05. The second kappa shape index (κ2) is 9.49. The molecule has 0 atom stereocenters. The maximum absolute atomic E-state index is 11.2. The van der Waals surface area contributed by atoms with Crippen LogP contribution in [0.5, 0.6) is 0 Å². The van der Waals surface area contributed by atoms with Crippen molar-refractivity contribution in [3.05, 3.63) is 0 Å². The van der Waals surface area contributed by atoms with Gasteiger partial charge in [0.2, 0.25) is 5.91 Å². The van der Waals surface area contributed by atoms with Gasteiger partial charge in [0.05, 0.1) is 0 Å². The van der Waals surface area contributed by atoms with Gasteiger partial charge >= 0.3 is 0 Å². The predicted molar refractivity (Wildman–Crippen MR) is 80.8 cm³/mol. The van der Waals surface area contributed by atoms with E-state index in [0.717, 1.165) is 25.0 Å². The van der Waals surface area contributed by atoms with Gasteiger partial charge < -0.3 is 16.0 Å². The van der Waals surface area contributed by atoms with Crippen molar-refractivity contribution in [1.29, 1.82) is 0 Å². The smallest absolute Gasteiger partial charge is 0.241 e. The first-order valence-corrected chi connectivity index (χ1v) is 6.05. The monoisotopic (exact) mass is 354 g/mol. The van der Waals surface area contributed by atoms with Crippen molar-refractivity contribution in [3.8, 4) is 0 Å². The molecular weight excluding hydrogens is 331 g/mol. The lowest BCUT2D eigenvalue weighted by molar-refractivity contribution is -0.119. The second-order valence-electron chi connectivity index (χ2n) is 3.97. The van der Waals surface area contributed by atoms with E-state index in [9.17, 15) is 4.79 Å². The quantitative estimate of drug-likeness (QED) is 0.374. The highest BCUT2D eigenvalue weighted by Crippen LogP contribution is 2.27. The Kier molecular flexibility index (Phi) is 9.20. The number of aliphatic imine (C=N–C) groups is 1. The summed E-state index contributed by atoms with van der Waals surface area (Å²) < 4.78 is 0. The highest BCUT2D eigenvalue weighted by atomic mass is 127. The molecule has 5 nitrogen and oxygen atoms in total. The number of carbonyl (C=O) groups is 1. The summed E-state index contributed by atoms with van der Waals surface area (Å²) >= 11 is 0. The highest BCUT2D eigenvalue weighted by Gasteiger charge is 2.21. The fraction of sp³-hybridized carbons (Fsp3) is 0.818. The standard InChI is InChI=1S/C11H22N4O.HI/c1-3-12-10(16)8-15-11(13-4-2)14-7-9-5-6-9;/h9H,3-8H2,1-2H3,(H,12,16)(H2,13,14,15);1H. The van der Waals surface area contributed by atoms with Gasteiger partial charge in [-0.25, -0.2) is 4.99 Å². The molecule has 1 amide bonds. The van der Waals surface area contributed by atoms with Gasteiger partial charge in [-0.1, -0.05) is 0 Å². The number of amides is 1. The van der Waals surface area contributed by atoms with E-state index < -0.39 is 0 Å².